The summed E-state index contributed by atoms with van der Waals surface area (Å²) in [6, 6.07) is 0. The van der Waals surface area contributed by atoms with Gasteiger partial charge < -0.3 is 10.0 Å². The van der Waals surface area contributed by atoms with E-state index < -0.39 is 11.4 Å². The Labute approximate surface area is 122 Å². The number of likely N-dealkylation sites (tertiary alicyclic amines) is 1. The third kappa shape index (κ3) is 3.17. The number of carbonyl (C=O) groups excluding carboxylic acids is 1. The molecule has 1 unspecified atom stereocenters. The molecule has 0 saturated carbocycles. The standard InChI is InChI=1S/C14H20N2O3S/c1-3-11-15-10(8-20-11)7-12(17)16-6-4-5-14(2,9-16)13(18)19/h8H,3-7,9H2,1-2H3,(H,18,19). The van der Waals surface area contributed by atoms with Crippen molar-refractivity contribution < 1.29 is 14.7 Å². The summed E-state index contributed by atoms with van der Waals surface area (Å²) in [5, 5.41) is 12.2. The predicted octanol–water partition coefficient (Wildman–Crippen LogP) is 1.96. The Hall–Kier alpha value is -1.43. The van der Waals surface area contributed by atoms with E-state index in [2.05, 4.69) is 4.98 Å². The van der Waals surface area contributed by atoms with Gasteiger partial charge in [0.1, 0.15) is 0 Å². The first kappa shape index (κ1) is 15.0. The SMILES string of the molecule is CCc1nc(CC(=O)N2CCCC(C)(C(=O)O)C2)cs1. The fraction of sp³-hybridized carbons (Fsp3) is 0.643. The zero-order valence-electron chi connectivity index (χ0n) is 11.9. The Bertz CT molecular complexity index is 514. The van der Waals surface area contributed by atoms with Crippen molar-refractivity contribution in [1.29, 1.82) is 0 Å². The first-order valence-corrected chi connectivity index (χ1v) is 7.77. The van der Waals surface area contributed by atoms with Crippen molar-refractivity contribution in [2.75, 3.05) is 13.1 Å². The van der Waals surface area contributed by atoms with E-state index in [0.717, 1.165) is 23.5 Å². The zero-order valence-corrected chi connectivity index (χ0v) is 12.7. The average Bonchev–Trinajstić information content (AvgIpc) is 2.86. The number of carboxylic acid groups (broad SMARTS) is 1. The molecule has 1 aliphatic rings. The average molecular weight is 296 g/mol. The Morgan fingerprint density at radius 2 is 2.30 bits per heavy atom. The fourth-order valence-corrected chi connectivity index (χ4v) is 3.23. The molecule has 0 spiro atoms. The summed E-state index contributed by atoms with van der Waals surface area (Å²) >= 11 is 1.57. The smallest absolute Gasteiger partial charge is 0.311 e. The number of piperidine rings is 1. The van der Waals surface area contributed by atoms with E-state index in [1.165, 1.54) is 0 Å². The molecule has 20 heavy (non-hydrogen) atoms. The Balaban J connectivity index is 2.00. The minimum atomic E-state index is -0.822. The van der Waals surface area contributed by atoms with E-state index in [1.54, 1.807) is 23.2 Å². The molecule has 0 aromatic carbocycles. The maximum absolute atomic E-state index is 12.3. The van der Waals surface area contributed by atoms with Crippen LogP contribution in [-0.2, 0) is 22.4 Å². The molecule has 110 valence electrons. The molecule has 1 fully saturated rings. The van der Waals surface area contributed by atoms with Crippen molar-refractivity contribution in [3.8, 4) is 0 Å². The topological polar surface area (TPSA) is 70.5 Å². The van der Waals surface area contributed by atoms with Crippen molar-refractivity contribution in [3.63, 3.8) is 0 Å². The van der Waals surface area contributed by atoms with E-state index in [-0.39, 0.29) is 12.3 Å². The van der Waals surface area contributed by atoms with Crippen molar-refractivity contribution in [2.24, 2.45) is 5.41 Å². The molecule has 2 heterocycles. The maximum Gasteiger partial charge on any atom is 0.311 e. The normalized spacial score (nSPS) is 22.8. The third-order valence-corrected chi connectivity index (χ3v) is 4.84. The van der Waals surface area contributed by atoms with Gasteiger partial charge in [-0.25, -0.2) is 4.98 Å². The number of rotatable bonds is 4. The molecule has 0 bridgehead atoms. The van der Waals surface area contributed by atoms with E-state index >= 15 is 0 Å². The highest BCUT2D eigenvalue weighted by Gasteiger charge is 2.39. The van der Waals surface area contributed by atoms with Gasteiger partial charge in [-0.05, 0) is 26.2 Å². The number of carboxylic acids is 1. The number of aliphatic carboxylic acids is 1. The highest BCUT2D eigenvalue weighted by molar-refractivity contribution is 7.09. The van der Waals surface area contributed by atoms with Crippen molar-refractivity contribution >= 4 is 23.2 Å². The number of hydrogen-bond acceptors (Lipinski definition) is 4. The summed E-state index contributed by atoms with van der Waals surface area (Å²) in [6.45, 7) is 4.69. The van der Waals surface area contributed by atoms with Gasteiger partial charge in [-0.2, -0.15) is 0 Å². The monoisotopic (exact) mass is 296 g/mol. The van der Waals surface area contributed by atoms with Crippen LogP contribution in [0.3, 0.4) is 0 Å². The summed E-state index contributed by atoms with van der Waals surface area (Å²) in [6.07, 6.45) is 2.51. The second-order valence-electron chi connectivity index (χ2n) is 5.55. The minimum absolute atomic E-state index is 0.0230. The number of hydrogen-bond donors (Lipinski definition) is 1. The molecular formula is C14H20N2O3S. The van der Waals surface area contributed by atoms with Crippen molar-refractivity contribution in [3.05, 3.63) is 16.1 Å². The summed E-state index contributed by atoms with van der Waals surface area (Å²) in [5.41, 5.74) is -0.0238. The molecule has 1 saturated heterocycles. The number of carbonyl (C=O) groups is 2. The van der Waals surface area contributed by atoms with Crippen LogP contribution in [-0.4, -0.2) is 40.0 Å². The summed E-state index contributed by atoms with van der Waals surface area (Å²) < 4.78 is 0. The van der Waals surface area contributed by atoms with E-state index in [1.807, 2.05) is 12.3 Å². The van der Waals surface area contributed by atoms with Crippen LogP contribution in [0.2, 0.25) is 0 Å². The molecule has 6 heteroatoms. The van der Waals surface area contributed by atoms with Gasteiger partial charge in [0.25, 0.3) is 0 Å². The molecule has 1 amide bonds. The summed E-state index contributed by atoms with van der Waals surface area (Å²) in [5.74, 6) is -0.845. The lowest BCUT2D eigenvalue weighted by atomic mass is 9.82. The molecule has 1 aromatic rings. The predicted molar refractivity (Wildman–Crippen MR) is 76.8 cm³/mol. The third-order valence-electron chi connectivity index (χ3n) is 3.80. The second-order valence-corrected chi connectivity index (χ2v) is 6.49. The van der Waals surface area contributed by atoms with Crippen molar-refractivity contribution in [2.45, 2.75) is 39.5 Å². The lowest BCUT2D eigenvalue weighted by Crippen LogP contribution is -2.48. The molecule has 1 atom stereocenters. The Morgan fingerprint density at radius 1 is 1.55 bits per heavy atom. The quantitative estimate of drug-likeness (QED) is 0.922. The lowest BCUT2D eigenvalue weighted by molar-refractivity contribution is -0.153. The summed E-state index contributed by atoms with van der Waals surface area (Å²) in [4.78, 5) is 29.6. The highest BCUT2D eigenvalue weighted by Crippen LogP contribution is 2.30. The van der Waals surface area contributed by atoms with Crippen LogP contribution in [0.5, 0.6) is 0 Å². The lowest BCUT2D eigenvalue weighted by Gasteiger charge is -2.37. The van der Waals surface area contributed by atoms with Crippen LogP contribution < -0.4 is 0 Å². The summed E-state index contributed by atoms with van der Waals surface area (Å²) in [7, 11) is 0. The first-order chi connectivity index (χ1) is 9.44. The molecule has 0 radical (unpaired) electrons. The molecule has 1 N–H and O–H groups in total. The van der Waals surface area contributed by atoms with Crippen LogP contribution in [0.4, 0.5) is 0 Å². The van der Waals surface area contributed by atoms with E-state index in [0.29, 0.717) is 19.5 Å². The number of thiazole rings is 1. The van der Waals surface area contributed by atoms with Gasteiger partial charge in [0.15, 0.2) is 0 Å². The van der Waals surface area contributed by atoms with Gasteiger partial charge in [0.05, 0.1) is 22.5 Å². The van der Waals surface area contributed by atoms with Crippen LogP contribution in [0.1, 0.15) is 37.4 Å². The van der Waals surface area contributed by atoms with E-state index in [4.69, 9.17) is 0 Å². The number of aromatic nitrogens is 1. The number of amides is 1. The maximum atomic E-state index is 12.3. The number of aryl methyl sites for hydroxylation is 1. The van der Waals surface area contributed by atoms with Crippen LogP contribution in [0.25, 0.3) is 0 Å². The largest absolute Gasteiger partial charge is 0.481 e. The minimum Gasteiger partial charge on any atom is -0.481 e. The van der Waals surface area contributed by atoms with Crippen molar-refractivity contribution in [1.82, 2.24) is 9.88 Å². The molecule has 5 nitrogen and oxygen atoms in total. The first-order valence-electron chi connectivity index (χ1n) is 6.89. The van der Waals surface area contributed by atoms with E-state index in [9.17, 15) is 14.7 Å². The molecule has 0 aliphatic carbocycles. The Morgan fingerprint density at radius 3 is 2.90 bits per heavy atom. The van der Waals surface area contributed by atoms with Gasteiger partial charge in [-0.15, -0.1) is 11.3 Å². The van der Waals surface area contributed by atoms with Gasteiger partial charge in [0, 0.05) is 18.5 Å². The van der Waals surface area contributed by atoms with Gasteiger partial charge in [0.2, 0.25) is 5.91 Å². The number of nitrogens with zero attached hydrogens (tertiary/aromatic N) is 2. The fourth-order valence-electron chi connectivity index (χ4n) is 2.49. The zero-order chi connectivity index (χ0) is 14.8. The molecule has 1 aromatic heterocycles. The molecule has 2 rings (SSSR count). The van der Waals surface area contributed by atoms with Crippen LogP contribution in [0.15, 0.2) is 5.38 Å². The molecule has 1 aliphatic heterocycles. The van der Waals surface area contributed by atoms with Crippen LogP contribution in [0, 0.1) is 5.41 Å². The van der Waals surface area contributed by atoms with Gasteiger partial charge in [-0.1, -0.05) is 6.92 Å². The Kier molecular flexibility index (Phi) is 4.42. The highest BCUT2D eigenvalue weighted by atomic mass is 32.1. The van der Waals surface area contributed by atoms with Gasteiger partial charge in [-0.3, -0.25) is 9.59 Å². The van der Waals surface area contributed by atoms with Gasteiger partial charge >= 0.3 is 5.97 Å². The van der Waals surface area contributed by atoms with Crippen LogP contribution >= 0.6 is 11.3 Å². The second kappa shape index (κ2) is 5.91. The molecular weight excluding hydrogens is 276 g/mol.